The van der Waals surface area contributed by atoms with E-state index in [-0.39, 0.29) is 18.6 Å². The van der Waals surface area contributed by atoms with Gasteiger partial charge in [0.15, 0.2) is 5.65 Å². The van der Waals surface area contributed by atoms with E-state index < -0.39 is 0 Å². The summed E-state index contributed by atoms with van der Waals surface area (Å²) in [5.41, 5.74) is 5.71. The number of fused-ring (bicyclic) bond motifs is 2. The van der Waals surface area contributed by atoms with Gasteiger partial charge in [-0.3, -0.25) is 9.20 Å². The summed E-state index contributed by atoms with van der Waals surface area (Å²) < 4.78 is 7.65. The molecule has 7 heteroatoms. The SMILES string of the molecule is Cc1cccc2c1[C@@H](Nc1cc(C(=O)N(C)C)cn3c(CO)c(C)nc13)CCO2. The number of ether oxygens (including phenoxy) is 1. The number of aryl methyl sites for hydroxylation is 2. The van der Waals surface area contributed by atoms with E-state index in [1.54, 1.807) is 25.2 Å². The Labute approximate surface area is 169 Å². The molecule has 2 aromatic heterocycles. The van der Waals surface area contributed by atoms with Crippen molar-refractivity contribution in [1.29, 1.82) is 0 Å². The Morgan fingerprint density at radius 1 is 1.38 bits per heavy atom. The summed E-state index contributed by atoms with van der Waals surface area (Å²) in [6.45, 7) is 4.41. The third-order valence-corrected chi connectivity index (χ3v) is 5.45. The second-order valence-electron chi connectivity index (χ2n) is 7.66. The van der Waals surface area contributed by atoms with Gasteiger partial charge in [0.05, 0.1) is 41.9 Å². The number of aliphatic hydroxyl groups excluding tert-OH is 1. The molecule has 29 heavy (non-hydrogen) atoms. The van der Waals surface area contributed by atoms with E-state index in [0.29, 0.717) is 23.5 Å². The van der Waals surface area contributed by atoms with E-state index in [1.807, 2.05) is 29.5 Å². The number of pyridine rings is 1. The predicted molar refractivity (Wildman–Crippen MR) is 112 cm³/mol. The number of hydrogen-bond donors (Lipinski definition) is 2. The lowest BCUT2D eigenvalue weighted by Gasteiger charge is -2.29. The molecule has 0 radical (unpaired) electrons. The second-order valence-corrected chi connectivity index (χ2v) is 7.66. The van der Waals surface area contributed by atoms with Crippen LogP contribution in [-0.2, 0) is 6.61 Å². The zero-order chi connectivity index (χ0) is 20.7. The molecule has 0 saturated heterocycles. The smallest absolute Gasteiger partial charge is 0.254 e. The van der Waals surface area contributed by atoms with Gasteiger partial charge in [-0.25, -0.2) is 4.98 Å². The fraction of sp³-hybridized carbons (Fsp3) is 0.364. The van der Waals surface area contributed by atoms with Gasteiger partial charge in [0, 0.05) is 32.3 Å². The lowest BCUT2D eigenvalue weighted by Crippen LogP contribution is -2.24. The number of benzene rings is 1. The molecule has 7 nitrogen and oxygen atoms in total. The Balaban J connectivity index is 1.85. The third kappa shape index (κ3) is 3.31. The number of aromatic nitrogens is 2. The molecule has 0 fully saturated rings. The van der Waals surface area contributed by atoms with Crippen LogP contribution in [0.5, 0.6) is 5.75 Å². The van der Waals surface area contributed by atoms with Gasteiger partial charge in [-0.1, -0.05) is 12.1 Å². The van der Waals surface area contributed by atoms with Crippen molar-refractivity contribution in [3.05, 3.63) is 58.5 Å². The molecule has 3 heterocycles. The molecular weight excluding hydrogens is 368 g/mol. The topological polar surface area (TPSA) is 79.1 Å². The summed E-state index contributed by atoms with van der Waals surface area (Å²) in [5.74, 6) is 0.787. The van der Waals surface area contributed by atoms with Crippen LogP contribution in [0.3, 0.4) is 0 Å². The maximum absolute atomic E-state index is 12.7. The van der Waals surface area contributed by atoms with Gasteiger partial charge in [-0.05, 0) is 31.5 Å². The predicted octanol–water partition coefficient (Wildman–Crippen LogP) is 3.08. The number of anilines is 1. The van der Waals surface area contributed by atoms with E-state index in [1.165, 1.54) is 0 Å². The number of carbonyl (C=O) groups excluding carboxylic acids is 1. The summed E-state index contributed by atoms with van der Waals surface area (Å²) in [4.78, 5) is 18.9. The van der Waals surface area contributed by atoms with Crippen molar-refractivity contribution in [2.45, 2.75) is 32.9 Å². The van der Waals surface area contributed by atoms with Crippen molar-refractivity contribution in [2.75, 3.05) is 26.0 Å². The highest BCUT2D eigenvalue weighted by Gasteiger charge is 2.25. The Morgan fingerprint density at radius 3 is 2.90 bits per heavy atom. The minimum atomic E-state index is -0.148. The molecule has 0 aliphatic carbocycles. The molecule has 1 aliphatic rings. The third-order valence-electron chi connectivity index (χ3n) is 5.45. The first-order chi connectivity index (χ1) is 13.9. The number of rotatable bonds is 4. The van der Waals surface area contributed by atoms with Crippen molar-refractivity contribution in [1.82, 2.24) is 14.3 Å². The number of carbonyl (C=O) groups is 1. The quantitative estimate of drug-likeness (QED) is 0.711. The summed E-state index contributed by atoms with van der Waals surface area (Å²) in [5, 5.41) is 13.4. The Kier molecular flexibility index (Phi) is 4.92. The highest BCUT2D eigenvalue weighted by Crippen LogP contribution is 2.37. The number of imidazole rings is 1. The van der Waals surface area contributed by atoms with Gasteiger partial charge in [-0.15, -0.1) is 0 Å². The van der Waals surface area contributed by atoms with Gasteiger partial charge in [0.1, 0.15) is 5.75 Å². The number of amides is 1. The van der Waals surface area contributed by atoms with Crippen LogP contribution in [0.2, 0.25) is 0 Å². The molecule has 1 atom stereocenters. The van der Waals surface area contributed by atoms with Crippen LogP contribution in [-0.4, -0.2) is 46.0 Å². The van der Waals surface area contributed by atoms with Crippen molar-refractivity contribution < 1.29 is 14.6 Å². The van der Waals surface area contributed by atoms with E-state index in [4.69, 9.17) is 4.74 Å². The molecule has 0 spiro atoms. The molecule has 1 aliphatic heterocycles. The normalized spacial score (nSPS) is 15.7. The molecular formula is C22H26N4O3. The van der Waals surface area contributed by atoms with Crippen molar-refractivity contribution in [2.24, 2.45) is 0 Å². The molecule has 2 N–H and O–H groups in total. The van der Waals surface area contributed by atoms with E-state index in [2.05, 4.69) is 23.3 Å². The minimum Gasteiger partial charge on any atom is -0.493 e. The highest BCUT2D eigenvalue weighted by atomic mass is 16.5. The maximum atomic E-state index is 12.7. The molecule has 1 amide bonds. The molecule has 1 aromatic carbocycles. The van der Waals surface area contributed by atoms with Crippen LogP contribution in [0.4, 0.5) is 5.69 Å². The standard InChI is InChI=1S/C22H26N4O3/c1-13-6-5-7-19-20(13)16(8-9-29-19)24-17-10-15(22(28)25(3)4)11-26-18(12-27)14(2)23-21(17)26/h5-7,10-11,16,24,27H,8-9,12H2,1-4H3/t16-/m0/s1. The van der Waals surface area contributed by atoms with Crippen LogP contribution in [0, 0.1) is 13.8 Å². The second kappa shape index (κ2) is 7.40. The zero-order valence-electron chi connectivity index (χ0n) is 17.2. The molecule has 0 unspecified atom stereocenters. The average Bonchev–Trinajstić information content (AvgIpc) is 3.02. The summed E-state index contributed by atoms with van der Waals surface area (Å²) in [6, 6.07) is 7.95. The Morgan fingerprint density at radius 2 is 2.17 bits per heavy atom. The molecule has 0 bridgehead atoms. The van der Waals surface area contributed by atoms with Gasteiger partial charge in [-0.2, -0.15) is 0 Å². The largest absolute Gasteiger partial charge is 0.493 e. The first-order valence-corrected chi connectivity index (χ1v) is 9.73. The zero-order valence-corrected chi connectivity index (χ0v) is 17.2. The van der Waals surface area contributed by atoms with E-state index in [9.17, 15) is 9.90 Å². The molecule has 4 rings (SSSR count). The first kappa shape index (κ1) is 19.3. The average molecular weight is 394 g/mol. The summed E-state index contributed by atoms with van der Waals surface area (Å²) >= 11 is 0. The molecule has 152 valence electrons. The summed E-state index contributed by atoms with van der Waals surface area (Å²) in [7, 11) is 3.45. The fourth-order valence-electron chi connectivity index (χ4n) is 3.97. The van der Waals surface area contributed by atoms with E-state index in [0.717, 1.165) is 34.7 Å². The van der Waals surface area contributed by atoms with Crippen LogP contribution in [0.25, 0.3) is 5.65 Å². The highest BCUT2D eigenvalue weighted by molar-refractivity contribution is 5.95. The first-order valence-electron chi connectivity index (χ1n) is 9.73. The Bertz CT molecular complexity index is 1090. The van der Waals surface area contributed by atoms with Gasteiger partial charge >= 0.3 is 0 Å². The lowest BCUT2D eigenvalue weighted by atomic mass is 9.95. The van der Waals surface area contributed by atoms with E-state index >= 15 is 0 Å². The monoisotopic (exact) mass is 394 g/mol. The van der Waals surface area contributed by atoms with Gasteiger partial charge in [0.2, 0.25) is 0 Å². The van der Waals surface area contributed by atoms with Crippen molar-refractivity contribution in [3.63, 3.8) is 0 Å². The number of nitrogens with one attached hydrogen (secondary N) is 1. The summed E-state index contributed by atoms with van der Waals surface area (Å²) in [6.07, 6.45) is 2.56. The molecule has 3 aromatic rings. The lowest BCUT2D eigenvalue weighted by molar-refractivity contribution is 0.0827. The van der Waals surface area contributed by atoms with Crippen molar-refractivity contribution >= 4 is 17.2 Å². The minimum absolute atomic E-state index is 0.0445. The van der Waals surface area contributed by atoms with Gasteiger partial charge in [0.25, 0.3) is 5.91 Å². The van der Waals surface area contributed by atoms with Crippen molar-refractivity contribution in [3.8, 4) is 5.75 Å². The number of hydrogen-bond acceptors (Lipinski definition) is 5. The number of nitrogens with zero attached hydrogens (tertiary/aromatic N) is 3. The Hall–Kier alpha value is -3.06. The van der Waals surface area contributed by atoms with Crippen LogP contribution >= 0.6 is 0 Å². The fourth-order valence-corrected chi connectivity index (χ4v) is 3.97. The van der Waals surface area contributed by atoms with Crippen LogP contribution < -0.4 is 10.1 Å². The van der Waals surface area contributed by atoms with Gasteiger partial charge < -0.3 is 20.1 Å². The maximum Gasteiger partial charge on any atom is 0.254 e. The number of aliphatic hydroxyl groups is 1. The van der Waals surface area contributed by atoms with Crippen LogP contribution in [0.1, 0.15) is 45.3 Å². The molecule has 0 saturated carbocycles. The van der Waals surface area contributed by atoms with Crippen LogP contribution in [0.15, 0.2) is 30.5 Å².